The summed E-state index contributed by atoms with van der Waals surface area (Å²) in [6.45, 7) is 2.91. The van der Waals surface area contributed by atoms with E-state index in [1.165, 1.54) is 18.2 Å². The van der Waals surface area contributed by atoms with Crippen LogP contribution in [0.25, 0.3) is 0 Å². The maximum atomic E-state index is 13.2. The van der Waals surface area contributed by atoms with Gasteiger partial charge in [0.15, 0.2) is 0 Å². The molecule has 34 heavy (non-hydrogen) atoms. The smallest absolute Gasteiger partial charge is 0.316 e. The van der Waals surface area contributed by atoms with Crippen LogP contribution in [0.15, 0.2) is 78.9 Å². The molecule has 0 bridgehead atoms. The zero-order valence-corrected chi connectivity index (χ0v) is 19.6. The van der Waals surface area contributed by atoms with Crippen molar-refractivity contribution in [2.45, 2.75) is 31.2 Å². The van der Waals surface area contributed by atoms with Gasteiger partial charge in [-0.25, -0.2) is 0 Å². The summed E-state index contributed by atoms with van der Waals surface area (Å²) >= 11 is 0. The number of esters is 1. The first-order valence-corrected chi connectivity index (χ1v) is 12.0. The van der Waals surface area contributed by atoms with E-state index in [9.17, 15) is 9.59 Å². The van der Waals surface area contributed by atoms with Gasteiger partial charge in [-0.3, -0.25) is 9.59 Å². The monoisotopic (exact) mass is 454 g/mol. The van der Waals surface area contributed by atoms with Crippen molar-refractivity contribution in [3.05, 3.63) is 101 Å². The molecule has 0 spiro atoms. The van der Waals surface area contributed by atoms with Crippen LogP contribution in [0.5, 0.6) is 0 Å². The van der Waals surface area contributed by atoms with Crippen LogP contribution >= 0.6 is 0 Å². The molecule has 0 atom stereocenters. The van der Waals surface area contributed by atoms with Gasteiger partial charge in [0.2, 0.25) is 0 Å². The van der Waals surface area contributed by atoms with Crippen molar-refractivity contribution in [1.82, 2.24) is 4.90 Å². The molecule has 2 aliphatic rings. The van der Waals surface area contributed by atoms with Gasteiger partial charge in [-0.1, -0.05) is 54.6 Å². The topological polar surface area (TPSA) is 49.9 Å². The van der Waals surface area contributed by atoms with Crippen molar-refractivity contribution in [2.24, 2.45) is 0 Å². The Balaban J connectivity index is 1.26. The van der Waals surface area contributed by atoms with Crippen LogP contribution < -0.4 is 4.90 Å². The summed E-state index contributed by atoms with van der Waals surface area (Å²) in [4.78, 5) is 30.2. The number of methoxy groups -OCH3 is 1. The quantitative estimate of drug-likeness (QED) is 0.541. The summed E-state index contributed by atoms with van der Waals surface area (Å²) in [5, 5.41) is 0. The minimum Gasteiger partial charge on any atom is -0.468 e. The Morgan fingerprint density at radius 3 is 2.12 bits per heavy atom. The number of fused-ring (bicyclic) bond motifs is 1. The zero-order valence-electron chi connectivity index (χ0n) is 19.6. The van der Waals surface area contributed by atoms with E-state index in [-0.39, 0.29) is 11.9 Å². The fourth-order valence-corrected chi connectivity index (χ4v) is 5.37. The Morgan fingerprint density at radius 1 is 0.794 bits per heavy atom. The van der Waals surface area contributed by atoms with Crippen LogP contribution in [0.1, 0.15) is 39.9 Å². The number of hydrogen-bond acceptors (Lipinski definition) is 4. The summed E-state index contributed by atoms with van der Waals surface area (Å²) in [7, 11) is 1.44. The van der Waals surface area contributed by atoms with E-state index in [1.54, 1.807) is 0 Å². The first kappa shape index (κ1) is 22.2. The Hall–Kier alpha value is -3.60. The lowest BCUT2D eigenvalue weighted by atomic mass is 9.72. The third-order valence-electron chi connectivity index (χ3n) is 7.42. The maximum Gasteiger partial charge on any atom is 0.316 e. The highest BCUT2D eigenvalue weighted by molar-refractivity contribution is 5.95. The minimum absolute atomic E-state index is 0.0158. The van der Waals surface area contributed by atoms with Crippen LogP contribution in [0, 0.1) is 0 Å². The van der Waals surface area contributed by atoms with Gasteiger partial charge in [0.25, 0.3) is 5.91 Å². The molecule has 1 fully saturated rings. The summed E-state index contributed by atoms with van der Waals surface area (Å²) in [6.07, 6.45) is 2.15. The molecule has 174 valence electrons. The molecule has 5 rings (SSSR count). The largest absolute Gasteiger partial charge is 0.468 e. The number of amides is 1. The number of rotatable bonds is 4. The number of nitrogens with zero attached hydrogens (tertiary/aromatic N) is 2. The van der Waals surface area contributed by atoms with E-state index in [2.05, 4.69) is 29.2 Å². The summed E-state index contributed by atoms with van der Waals surface area (Å²) < 4.78 is 5.17. The zero-order chi connectivity index (χ0) is 23.5. The first-order valence-electron chi connectivity index (χ1n) is 12.0. The van der Waals surface area contributed by atoms with E-state index in [0.717, 1.165) is 30.8 Å². The van der Waals surface area contributed by atoms with Crippen LogP contribution in [-0.2, 0) is 27.9 Å². The van der Waals surface area contributed by atoms with E-state index in [4.69, 9.17) is 4.74 Å². The molecule has 3 aromatic rings. The second-order valence-electron chi connectivity index (χ2n) is 9.22. The second kappa shape index (κ2) is 9.34. The molecular weight excluding hydrogens is 424 g/mol. The highest BCUT2D eigenvalue weighted by Gasteiger charge is 2.44. The van der Waals surface area contributed by atoms with Gasteiger partial charge in [0.05, 0.1) is 12.5 Å². The molecule has 0 aliphatic carbocycles. The highest BCUT2D eigenvalue weighted by Crippen LogP contribution is 2.37. The molecule has 3 aromatic carbocycles. The van der Waals surface area contributed by atoms with Gasteiger partial charge in [-0.2, -0.15) is 0 Å². The summed E-state index contributed by atoms with van der Waals surface area (Å²) in [5.41, 5.74) is 4.89. The molecule has 0 radical (unpaired) electrons. The Bertz CT molecular complexity index is 1170. The van der Waals surface area contributed by atoms with E-state index >= 15 is 0 Å². The molecule has 0 saturated carbocycles. The third kappa shape index (κ3) is 4.07. The van der Waals surface area contributed by atoms with Crippen molar-refractivity contribution >= 4 is 17.6 Å². The minimum atomic E-state index is -0.693. The van der Waals surface area contributed by atoms with Crippen LogP contribution in [0.2, 0.25) is 0 Å². The van der Waals surface area contributed by atoms with E-state index in [1.807, 2.05) is 59.5 Å². The van der Waals surface area contributed by atoms with E-state index < -0.39 is 5.41 Å². The van der Waals surface area contributed by atoms with Gasteiger partial charge >= 0.3 is 5.97 Å². The van der Waals surface area contributed by atoms with Gasteiger partial charge in [-0.15, -0.1) is 0 Å². The number of likely N-dealkylation sites (tertiary alicyclic amines) is 1. The fraction of sp³-hybridized carbons (Fsp3) is 0.310. The van der Waals surface area contributed by atoms with Crippen LogP contribution in [0.4, 0.5) is 5.69 Å². The lowest BCUT2D eigenvalue weighted by molar-refractivity contribution is -0.149. The molecule has 2 aliphatic heterocycles. The van der Waals surface area contributed by atoms with Crippen molar-refractivity contribution < 1.29 is 14.3 Å². The molecule has 0 N–H and O–H groups in total. The number of anilines is 1. The number of piperidine rings is 1. The van der Waals surface area contributed by atoms with Gasteiger partial charge in [-0.05, 0) is 60.2 Å². The van der Waals surface area contributed by atoms with E-state index in [0.29, 0.717) is 31.5 Å². The summed E-state index contributed by atoms with van der Waals surface area (Å²) in [5.74, 6) is -0.208. The molecule has 0 aromatic heterocycles. The maximum absolute atomic E-state index is 13.2. The van der Waals surface area contributed by atoms with Crippen LogP contribution in [-0.4, -0.2) is 43.5 Å². The number of carbonyl (C=O) groups excluding carboxylic acids is 2. The second-order valence-corrected chi connectivity index (χ2v) is 9.22. The van der Waals surface area contributed by atoms with Gasteiger partial charge in [0.1, 0.15) is 0 Å². The Kier molecular flexibility index (Phi) is 6.10. The highest BCUT2D eigenvalue weighted by atomic mass is 16.5. The van der Waals surface area contributed by atoms with Crippen LogP contribution in [0.3, 0.4) is 0 Å². The summed E-state index contributed by atoms with van der Waals surface area (Å²) in [6, 6.07) is 26.3. The molecule has 5 nitrogen and oxygen atoms in total. The number of hydrogen-bond donors (Lipinski definition) is 0. The lowest BCUT2D eigenvalue weighted by Gasteiger charge is -2.40. The molecular formula is C29H30N2O3. The number of carbonyl (C=O) groups is 2. The first-order chi connectivity index (χ1) is 16.6. The molecule has 5 heteroatoms. The predicted molar refractivity (Wildman–Crippen MR) is 133 cm³/mol. The molecule has 1 amide bonds. The third-order valence-corrected chi connectivity index (χ3v) is 7.42. The SMILES string of the molecule is COC(=O)C1(c2ccccc2)CCN(C(=O)c2ccc(N3CCc4ccccc4C3)cc2)CC1. The van der Waals surface area contributed by atoms with Gasteiger partial charge < -0.3 is 14.5 Å². The predicted octanol–water partition coefficient (Wildman–Crippen LogP) is 4.60. The van der Waals surface area contributed by atoms with Crippen molar-refractivity contribution in [1.29, 1.82) is 0 Å². The number of ether oxygens (including phenoxy) is 1. The standard InChI is InChI=1S/C29H30N2O3/c1-34-28(33)29(25-9-3-2-4-10-25)16-19-30(20-17-29)27(32)23-11-13-26(14-12-23)31-18-15-22-7-5-6-8-24(22)21-31/h2-14H,15-21H2,1H3. The van der Waals surface area contributed by atoms with Crippen molar-refractivity contribution in [3.63, 3.8) is 0 Å². The molecule has 1 saturated heterocycles. The lowest BCUT2D eigenvalue weighted by Crippen LogP contribution is -2.49. The fourth-order valence-electron chi connectivity index (χ4n) is 5.37. The Labute approximate surface area is 201 Å². The van der Waals surface area contributed by atoms with Gasteiger partial charge in [0, 0.05) is 37.4 Å². The molecule has 0 unspecified atom stereocenters. The van der Waals surface area contributed by atoms with Crippen molar-refractivity contribution in [2.75, 3.05) is 31.6 Å². The average Bonchev–Trinajstić information content (AvgIpc) is 2.92. The van der Waals surface area contributed by atoms with Crippen molar-refractivity contribution in [3.8, 4) is 0 Å². The number of benzene rings is 3. The normalized spacial score (nSPS) is 17.1. The average molecular weight is 455 g/mol. The molecule has 2 heterocycles. The Morgan fingerprint density at radius 2 is 1.44 bits per heavy atom.